The summed E-state index contributed by atoms with van der Waals surface area (Å²) in [5, 5.41) is 9.17. The van der Waals surface area contributed by atoms with Crippen LogP contribution < -0.4 is 9.64 Å². The molecule has 7 heteroatoms. The number of anilines is 1. The number of benzene rings is 1. The fourth-order valence-corrected chi connectivity index (χ4v) is 2.28. The van der Waals surface area contributed by atoms with Crippen molar-refractivity contribution < 1.29 is 24.2 Å². The number of Topliss-reactive ketones (excluding diaryl/α,β-unsaturated/α-hetero) is 1. The number of rotatable bonds is 4. The van der Waals surface area contributed by atoms with Crippen LogP contribution in [0.25, 0.3) is 0 Å². The molecule has 0 aromatic heterocycles. The van der Waals surface area contributed by atoms with Crippen LogP contribution in [0.5, 0.6) is 5.75 Å². The first-order chi connectivity index (χ1) is 9.86. The Morgan fingerprint density at radius 3 is 2.71 bits per heavy atom. The molecular formula is C14H14ClNO5. The van der Waals surface area contributed by atoms with Crippen molar-refractivity contribution in [2.24, 2.45) is 0 Å². The first-order valence-electron chi connectivity index (χ1n) is 6.32. The number of fused-ring (bicyclic) bond motifs is 1. The van der Waals surface area contributed by atoms with Gasteiger partial charge in [-0.3, -0.25) is 14.5 Å². The van der Waals surface area contributed by atoms with Gasteiger partial charge in [-0.05, 0) is 32.0 Å². The van der Waals surface area contributed by atoms with Gasteiger partial charge in [0, 0.05) is 5.56 Å². The number of aliphatic carboxylic acids is 1. The van der Waals surface area contributed by atoms with E-state index in [0.29, 0.717) is 11.3 Å². The molecule has 1 aliphatic rings. The highest BCUT2D eigenvalue weighted by Crippen LogP contribution is 2.36. The number of ether oxygens (including phenoxy) is 1. The van der Waals surface area contributed by atoms with E-state index in [1.54, 1.807) is 13.0 Å². The number of carbonyl (C=O) groups is 3. The Kier molecular flexibility index (Phi) is 4.18. The number of halogens is 1. The van der Waals surface area contributed by atoms with Crippen molar-refractivity contribution in [1.82, 2.24) is 0 Å². The average molecular weight is 312 g/mol. The van der Waals surface area contributed by atoms with Crippen LogP contribution in [0.2, 0.25) is 0 Å². The van der Waals surface area contributed by atoms with Crippen LogP contribution in [-0.2, 0) is 9.59 Å². The number of hydrogen-bond acceptors (Lipinski definition) is 4. The summed E-state index contributed by atoms with van der Waals surface area (Å²) in [5.41, 5.74) is 0.571. The fraction of sp³-hybridized carbons (Fsp3) is 0.357. The minimum absolute atomic E-state index is 0.196. The molecule has 0 radical (unpaired) electrons. The normalized spacial score (nSPS) is 18.7. The smallest absolute Gasteiger partial charge is 0.326 e. The summed E-state index contributed by atoms with van der Waals surface area (Å²) < 4.78 is 5.44. The van der Waals surface area contributed by atoms with Crippen molar-refractivity contribution in [1.29, 1.82) is 0 Å². The van der Waals surface area contributed by atoms with Gasteiger partial charge >= 0.3 is 5.97 Å². The molecule has 0 saturated heterocycles. The van der Waals surface area contributed by atoms with Crippen molar-refractivity contribution in [2.45, 2.75) is 26.0 Å². The van der Waals surface area contributed by atoms with Crippen LogP contribution in [0.3, 0.4) is 0 Å². The van der Waals surface area contributed by atoms with E-state index >= 15 is 0 Å². The molecule has 2 atom stereocenters. The molecule has 21 heavy (non-hydrogen) atoms. The van der Waals surface area contributed by atoms with E-state index in [0.717, 1.165) is 4.90 Å². The summed E-state index contributed by atoms with van der Waals surface area (Å²) in [6, 6.07) is 3.45. The van der Waals surface area contributed by atoms with E-state index in [1.165, 1.54) is 19.1 Å². The standard InChI is InChI=1S/C14H14ClNO5/c1-7(14(19)20)16-10-5-9(11(17)6-15)3-4-12(10)21-8(2)13(16)18/h3-5,7-8H,6H2,1-2H3,(H,19,20). The molecule has 1 amide bonds. The van der Waals surface area contributed by atoms with Crippen LogP contribution in [0, 0.1) is 0 Å². The topological polar surface area (TPSA) is 83.9 Å². The van der Waals surface area contributed by atoms with Gasteiger partial charge in [0.05, 0.1) is 11.6 Å². The summed E-state index contributed by atoms with van der Waals surface area (Å²) in [5.74, 6) is -1.75. The Bertz CT molecular complexity index is 615. The number of alkyl halides is 1. The molecule has 1 N–H and O–H groups in total. The molecule has 0 bridgehead atoms. The second-order valence-corrected chi connectivity index (χ2v) is 4.99. The zero-order valence-corrected chi connectivity index (χ0v) is 12.3. The Balaban J connectivity index is 2.55. The Labute approximate surface area is 126 Å². The highest BCUT2D eigenvalue weighted by molar-refractivity contribution is 6.30. The lowest BCUT2D eigenvalue weighted by Crippen LogP contribution is -2.51. The van der Waals surface area contributed by atoms with E-state index in [1.807, 2.05) is 0 Å². The van der Waals surface area contributed by atoms with Crippen LogP contribution in [-0.4, -0.2) is 40.8 Å². The lowest BCUT2D eigenvalue weighted by Gasteiger charge is -2.35. The number of ketones is 1. The molecule has 0 aliphatic carbocycles. The van der Waals surface area contributed by atoms with Gasteiger partial charge in [-0.2, -0.15) is 0 Å². The van der Waals surface area contributed by atoms with Crippen molar-refractivity contribution in [3.8, 4) is 5.75 Å². The molecule has 112 valence electrons. The molecule has 0 saturated carbocycles. The molecule has 2 rings (SSSR count). The summed E-state index contributed by atoms with van der Waals surface area (Å²) >= 11 is 5.52. The second-order valence-electron chi connectivity index (χ2n) is 4.72. The second kappa shape index (κ2) is 5.73. The largest absolute Gasteiger partial charge is 0.480 e. The number of hydrogen-bond donors (Lipinski definition) is 1. The Morgan fingerprint density at radius 2 is 2.14 bits per heavy atom. The van der Waals surface area contributed by atoms with Gasteiger partial charge < -0.3 is 9.84 Å². The van der Waals surface area contributed by atoms with Crippen molar-refractivity contribution in [3.05, 3.63) is 23.8 Å². The Hall–Kier alpha value is -2.08. The predicted molar refractivity (Wildman–Crippen MR) is 76.2 cm³/mol. The fourth-order valence-electron chi connectivity index (χ4n) is 2.12. The van der Waals surface area contributed by atoms with Crippen molar-refractivity contribution >= 4 is 34.9 Å². The highest BCUT2D eigenvalue weighted by Gasteiger charge is 2.37. The van der Waals surface area contributed by atoms with Crippen LogP contribution in [0.15, 0.2) is 18.2 Å². The number of nitrogens with zero attached hydrogens (tertiary/aromatic N) is 1. The number of carboxylic acid groups (broad SMARTS) is 1. The maximum Gasteiger partial charge on any atom is 0.326 e. The molecule has 0 spiro atoms. The zero-order chi connectivity index (χ0) is 15.7. The molecule has 1 heterocycles. The van der Waals surface area contributed by atoms with E-state index < -0.39 is 24.0 Å². The van der Waals surface area contributed by atoms with Crippen LogP contribution >= 0.6 is 11.6 Å². The summed E-state index contributed by atoms with van der Waals surface area (Å²) in [6.07, 6.45) is -0.783. The van der Waals surface area contributed by atoms with E-state index in [2.05, 4.69) is 0 Å². The average Bonchev–Trinajstić information content (AvgIpc) is 2.46. The molecule has 1 aromatic carbocycles. The SMILES string of the molecule is CC1Oc2ccc(C(=O)CCl)cc2N(C(C)C(=O)O)C1=O. The molecule has 2 unspecified atom stereocenters. The molecule has 1 aromatic rings. The van der Waals surface area contributed by atoms with Gasteiger partial charge in [0.1, 0.15) is 11.8 Å². The molecule has 6 nitrogen and oxygen atoms in total. The van der Waals surface area contributed by atoms with Crippen molar-refractivity contribution in [2.75, 3.05) is 10.8 Å². The molecule has 1 aliphatic heterocycles. The van der Waals surface area contributed by atoms with Gasteiger partial charge in [-0.15, -0.1) is 11.6 Å². The number of carboxylic acids is 1. The maximum atomic E-state index is 12.2. The minimum atomic E-state index is -1.14. The summed E-state index contributed by atoms with van der Waals surface area (Å²) in [7, 11) is 0. The van der Waals surface area contributed by atoms with Gasteiger partial charge in [-0.25, -0.2) is 4.79 Å². The van der Waals surface area contributed by atoms with Crippen LogP contribution in [0.1, 0.15) is 24.2 Å². The first kappa shape index (κ1) is 15.3. The monoisotopic (exact) mass is 311 g/mol. The number of amides is 1. The third-order valence-electron chi connectivity index (χ3n) is 3.30. The third-order valence-corrected chi connectivity index (χ3v) is 3.54. The van der Waals surface area contributed by atoms with Gasteiger partial charge in [-0.1, -0.05) is 0 Å². The maximum absolute atomic E-state index is 12.2. The predicted octanol–water partition coefficient (Wildman–Crippen LogP) is 1.70. The summed E-state index contributed by atoms with van der Waals surface area (Å²) in [4.78, 5) is 36.2. The van der Waals surface area contributed by atoms with Crippen molar-refractivity contribution in [3.63, 3.8) is 0 Å². The third kappa shape index (κ3) is 2.71. The van der Waals surface area contributed by atoms with E-state index in [-0.39, 0.29) is 17.4 Å². The minimum Gasteiger partial charge on any atom is -0.480 e. The Morgan fingerprint density at radius 1 is 1.48 bits per heavy atom. The van der Waals surface area contributed by atoms with Gasteiger partial charge in [0.25, 0.3) is 5.91 Å². The first-order valence-corrected chi connectivity index (χ1v) is 6.86. The molecule has 0 fully saturated rings. The quantitative estimate of drug-likeness (QED) is 0.676. The number of carbonyl (C=O) groups excluding carboxylic acids is 2. The van der Waals surface area contributed by atoms with E-state index in [4.69, 9.17) is 21.4 Å². The molecular weight excluding hydrogens is 298 g/mol. The summed E-state index contributed by atoms with van der Waals surface area (Å²) in [6.45, 7) is 2.95. The van der Waals surface area contributed by atoms with Crippen LogP contribution in [0.4, 0.5) is 5.69 Å². The van der Waals surface area contributed by atoms with Gasteiger partial charge in [0.2, 0.25) is 0 Å². The highest BCUT2D eigenvalue weighted by atomic mass is 35.5. The lowest BCUT2D eigenvalue weighted by molar-refractivity contribution is -0.140. The van der Waals surface area contributed by atoms with Gasteiger partial charge in [0.15, 0.2) is 11.9 Å². The van der Waals surface area contributed by atoms with E-state index in [9.17, 15) is 14.4 Å². The lowest BCUT2D eigenvalue weighted by atomic mass is 10.1. The zero-order valence-electron chi connectivity index (χ0n) is 11.5.